The minimum Gasteiger partial charge on any atom is -0.492 e. The zero-order chi connectivity index (χ0) is 17.0. The summed E-state index contributed by atoms with van der Waals surface area (Å²) in [4.78, 5) is 13.3. The number of halogens is 1. The molecule has 2 aromatic carbocycles. The van der Waals surface area contributed by atoms with Crippen molar-refractivity contribution in [2.75, 3.05) is 6.61 Å². The average Bonchev–Trinajstić information content (AvgIpc) is 3.33. The van der Waals surface area contributed by atoms with Gasteiger partial charge in [0.1, 0.15) is 12.4 Å². The van der Waals surface area contributed by atoms with Crippen LogP contribution in [0.25, 0.3) is 0 Å². The Hall–Kier alpha value is -1.84. The standard InChI is InChI=1S/C21H20ClNO2/c22-14-7-5-13(6-8-14)21(9-10-21)20(24)17-11-16-15-3-1-2-4-19(15)25-12-18(16)23-17/h1-8,16-18,23H,9-12H2. The lowest BCUT2D eigenvalue weighted by Crippen LogP contribution is -2.44. The number of benzene rings is 2. The average molecular weight is 354 g/mol. The topological polar surface area (TPSA) is 38.3 Å². The summed E-state index contributed by atoms with van der Waals surface area (Å²) in [7, 11) is 0. The van der Waals surface area contributed by atoms with Gasteiger partial charge in [0.25, 0.3) is 0 Å². The van der Waals surface area contributed by atoms with Gasteiger partial charge in [-0.25, -0.2) is 0 Å². The molecule has 3 atom stereocenters. The van der Waals surface area contributed by atoms with Gasteiger partial charge in [0, 0.05) is 17.0 Å². The second kappa shape index (κ2) is 5.58. The second-order valence-electron chi connectivity index (χ2n) is 7.47. The van der Waals surface area contributed by atoms with Gasteiger partial charge in [-0.1, -0.05) is 41.9 Å². The largest absolute Gasteiger partial charge is 0.492 e. The predicted molar refractivity (Wildman–Crippen MR) is 97.4 cm³/mol. The molecule has 2 heterocycles. The molecule has 2 fully saturated rings. The first-order valence-electron chi connectivity index (χ1n) is 8.95. The van der Waals surface area contributed by atoms with E-state index >= 15 is 0 Å². The fraction of sp³-hybridized carbons (Fsp3) is 0.381. The second-order valence-corrected chi connectivity index (χ2v) is 7.91. The van der Waals surface area contributed by atoms with Crippen LogP contribution in [0.15, 0.2) is 48.5 Å². The molecule has 5 rings (SSSR count). The maximum Gasteiger partial charge on any atom is 0.160 e. The third-order valence-corrected chi connectivity index (χ3v) is 6.31. The highest BCUT2D eigenvalue weighted by Crippen LogP contribution is 2.51. The monoisotopic (exact) mass is 353 g/mol. The Bertz CT molecular complexity index is 828. The van der Waals surface area contributed by atoms with Gasteiger partial charge < -0.3 is 10.1 Å². The van der Waals surface area contributed by atoms with Gasteiger partial charge >= 0.3 is 0 Å². The molecule has 0 bridgehead atoms. The normalized spacial score (nSPS) is 28.6. The lowest BCUT2D eigenvalue weighted by molar-refractivity contribution is -0.123. The van der Waals surface area contributed by atoms with Crippen LogP contribution in [0, 0.1) is 0 Å². The zero-order valence-corrected chi connectivity index (χ0v) is 14.6. The van der Waals surface area contributed by atoms with Crippen molar-refractivity contribution in [3.8, 4) is 5.75 Å². The van der Waals surface area contributed by atoms with E-state index in [9.17, 15) is 4.79 Å². The van der Waals surface area contributed by atoms with Gasteiger partial charge in [-0.2, -0.15) is 0 Å². The number of nitrogens with one attached hydrogen (secondary N) is 1. The summed E-state index contributed by atoms with van der Waals surface area (Å²) >= 11 is 6.01. The molecule has 4 heteroatoms. The lowest BCUT2D eigenvalue weighted by atomic mass is 9.84. The molecule has 0 aromatic heterocycles. The van der Waals surface area contributed by atoms with Crippen LogP contribution < -0.4 is 10.1 Å². The highest BCUT2D eigenvalue weighted by Gasteiger charge is 2.55. The van der Waals surface area contributed by atoms with Crippen molar-refractivity contribution in [2.45, 2.75) is 42.7 Å². The van der Waals surface area contributed by atoms with E-state index in [0.717, 1.165) is 30.6 Å². The summed E-state index contributed by atoms with van der Waals surface area (Å²) in [5.41, 5.74) is 2.03. The molecule has 2 aliphatic heterocycles. The van der Waals surface area contributed by atoms with Crippen LogP contribution in [0.3, 0.4) is 0 Å². The number of ketones is 1. The molecule has 0 amide bonds. The number of para-hydroxylation sites is 1. The molecule has 2 aromatic rings. The number of Topliss-reactive ketones (excluding diaryl/α,β-unsaturated/α-hetero) is 1. The number of fused-ring (bicyclic) bond motifs is 3. The number of hydrogen-bond acceptors (Lipinski definition) is 3. The van der Waals surface area contributed by atoms with Crippen LogP contribution in [0.2, 0.25) is 5.02 Å². The molecule has 3 nitrogen and oxygen atoms in total. The molecule has 128 valence electrons. The third-order valence-electron chi connectivity index (χ3n) is 6.06. The van der Waals surface area contributed by atoms with Crippen LogP contribution in [-0.4, -0.2) is 24.5 Å². The summed E-state index contributed by atoms with van der Waals surface area (Å²) in [6.45, 7) is 0.638. The first-order chi connectivity index (χ1) is 12.2. The van der Waals surface area contributed by atoms with Crippen molar-refractivity contribution < 1.29 is 9.53 Å². The Morgan fingerprint density at radius 3 is 2.64 bits per heavy atom. The maximum atomic E-state index is 13.3. The highest BCUT2D eigenvalue weighted by atomic mass is 35.5. The van der Waals surface area contributed by atoms with Crippen molar-refractivity contribution in [1.82, 2.24) is 5.32 Å². The van der Waals surface area contributed by atoms with Crippen LogP contribution in [-0.2, 0) is 10.2 Å². The molecular weight excluding hydrogens is 334 g/mol. The van der Waals surface area contributed by atoms with Crippen molar-refractivity contribution in [1.29, 1.82) is 0 Å². The van der Waals surface area contributed by atoms with Crippen LogP contribution in [0.1, 0.15) is 36.3 Å². The Morgan fingerprint density at radius 1 is 1.12 bits per heavy atom. The van der Waals surface area contributed by atoms with Gasteiger partial charge in [-0.15, -0.1) is 0 Å². The maximum absolute atomic E-state index is 13.3. The number of rotatable bonds is 3. The minimum absolute atomic E-state index is 0.0945. The number of carbonyl (C=O) groups excluding carboxylic acids is 1. The molecule has 1 saturated heterocycles. The van der Waals surface area contributed by atoms with E-state index in [1.807, 2.05) is 36.4 Å². The Morgan fingerprint density at radius 2 is 1.88 bits per heavy atom. The van der Waals surface area contributed by atoms with Crippen molar-refractivity contribution >= 4 is 17.4 Å². The van der Waals surface area contributed by atoms with Crippen LogP contribution in [0.4, 0.5) is 0 Å². The minimum atomic E-state index is -0.309. The van der Waals surface area contributed by atoms with Gasteiger partial charge in [0.2, 0.25) is 0 Å². The van der Waals surface area contributed by atoms with Crippen LogP contribution in [0.5, 0.6) is 5.75 Å². The molecule has 1 saturated carbocycles. The predicted octanol–water partition coefficient (Wildman–Crippen LogP) is 3.85. The SMILES string of the molecule is O=C(C1CC2c3ccccc3OCC2N1)C1(c2ccc(Cl)cc2)CC1. The summed E-state index contributed by atoms with van der Waals surface area (Å²) in [5, 5.41) is 4.27. The fourth-order valence-electron chi connectivity index (χ4n) is 4.55. The quantitative estimate of drug-likeness (QED) is 0.910. The van der Waals surface area contributed by atoms with Gasteiger partial charge in [0.15, 0.2) is 5.78 Å². The Labute approximate surface area is 152 Å². The summed E-state index contributed by atoms with van der Waals surface area (Å²) in [6.07, 6.45) is 2.74. The van der Waals surface area contributed by atoms with Crippen LogP contribution >= 0.6 is 11.6 Å². The van der Waals surface area contributed by atoms with E-state index in [1.165, 1.54) is 5.56 Å². The molecule has 0 spiro atoms. The van der Waals surface area contributed by atoms with E-state index in [4.69, 9.17) is 16.3 Å². The number of carbonyl (C=O) groups is 1. The van der Waals surface area contributed by atoms with E-state index in [-0.39, 0.29) is 17.5 Å². The molecular formula is C21H20ClNO2. The lowest BCUT2D eigenvalue weighted by Gasteiger charge is -2.28. The Balaban J connectivity index is 1.40. The van der Waals surface area contributed by atoms with Gasteiger partial charge in [-0.3, -0.25) is 4.79 Å². The third kappa shape index (κ3) is 2.41. The summed E-state index contributed by atoms with van der Waals surface area (Å²) in [5.74, 6) is 1.67. The van der Waals surface area contributed by atoms with Gasteiger partial charge in [-0.05, 0) is 48.6 Å². The molecule has 3 unspecified atom stereocenters. The molecule has 0 radical (unpaired) electrons. The molecule has 1 N–H and O–H groups in total. The van der Waals surface area contributed by atoms with E-state index in [2.05, 4.69) is 17.4 Å². The zero-order valence-electron chi connectivity index (χ0n) is 13.9. The van der Waals surface area contributed by atoms with E-state index < -0.39 is 0 Å². The van der Waals surface area contributed by atoms with Crippen molar-refractivity contribution in [2.24, 2.45) is 0 Å². The van der Waals surface area contributed by atoms with E-state index in [1.54, 1.807) is 0 Å². The molecule has 3 aliphatic rings. The highest BCUT2D eigenvalue weighted by molar-refractivity contribution is 6.30. The first kappa shape index (κ1) is 15.4. The number of hydrogen-bond donors (Lipinski definition) is 1. The number of ether oxygens (including phenoxy) is 1. The van der Waals surface area contributed by atoms with Crippen molar-refractivity contribution in [3.63, 3.8) is 0 Å². The van der Waals surface area contributed by atoms with Gasteiger partial charge in [0.05, 0.1) is 11.5 Å². The molecule has 25 heavy (non-hydrogen) atoms. The van der Waals surface area contributed by atoms with Crippen molar-refractivity contribution in [3.05, 3.63) is 64.7 Å². The van der Waals surface area contributed by atoms with E-state index in [0.29, 0.717) is 23.3 Å². The first-order valence-corrected chi connectivity index (χ1v) is 9.33. The Kier molecular flexibility index (Phi) is 3.44. The summed E-state index contributed by atoms with van der Waals surface area (Å²) in [6, 6.07) is 16.1. The summed E-state index contributed by atoms with van der Waals surface area (Å²) < 4.78 is 5.88. The fourth-order valence-corrected chi connectivity index (χ4v) is 4.68. The molecule has 1 aliphatic carbocycles. The smallest absolute Gasteiger partial charge is 0.160 e.